The van der Waals surface area contributed by atoms with Crippen LogP contribution >= 0.6 is 0 Å². The Morgan fingerprint density at radius 3 is 2.50 bits per heavy atom. The second kappa shape index (κ2) is 6.09. The maximum Gasteiger partial charge on any atom is 0.226 e. The van der Waals surface area contributed by atoms with Crippen LogP contribution in [0.3, 0.4) is 0 Å². The highest BCUT2D eigenvalue weighted by Gasteiger charge is 2.11. The average Bonchev–Trinajstić information content (AvgIpc) is 2.86. The van der Waals surface area contributed by atoms with Crippen LogP contribution < -0.4 is 10.1 Å². The third-order valence-corrected chi connectivity index (χ3v) is 2.76. The Morgan fingerprint density at radius 1 is 1.20 bits per heavy atom. The Morgan fingerprint density at radius 2 is 1.90 bits per heavy atom. The second-order valence-corrected chi connectivity index (χ2v) is 5.70. The van der Waals surface area contributed by atoms with E-state index in [9.17, 15) is 0 Å². The van der Waals surface area contributed by atoms with E-state index in [0.29, 0.717) is 19.0 Å². The molecular formula is C16H22N2O2. The molecule has 4 nitrogen and oxygen atoms in total. The van der Waals surface area contributed by atoms with E-state index in [-0.39, 0.29) is 5.54 Å². The number of hydrogen-bond acceptors (Lipinski definition) is 4. The minimum atomic E-state index is 0.0677. The molecule has 0 bridgehead atoms. The monoisotopic (exact) mass is 274 g/mol. The van der Waals surface area contributed by atoms with Gasteiger partial charge < -0.3 is 14.5 Å². The average molecular weight is 274 g/mol. The van der Waals surface area contributed by atoms with Crippen molar-refractivity contribution >= 4 is 0 Å². The van der Waals surface area contributed by atoms with Gasteiger partial charge in [-0.1, -0.05) is 0 Å². The summed E-state index contributed by atoms with van der Waals surface area (Å²) < 4.78 is 10.9. The van der Waals surface area contributed by atoms with Gasteiger partial charge >= 0.3 is 0 Å². The van der Waals surface area contributed by atoms with E-state index in [1.54, 1.807) is 6.26 Å². The zero-order valence-corrected chi connectivity index (χ0v) is 12.6. The van der Waals surface area contributed by atoms with Crippen LogP contribution in [0.1, 0.15) is 33.4 Å². The van der Waals surface area contributed by atoms with Crippen molar-refractivity contribution in [2.24, 2.45) is 0 Å². The lowest BCUT2D eigenvalue weighted by molar-refractivity contribution is 0.340. The number of oxazole rings is 1. The van der Waals surface area contributed by atoms with Gasteiger partial charge in [0.1, 0.15) is 12.0 Å². The quantitative estimate of drug-likeness (QED) is 0.904. The highest BCUT2D eigenvalue weighted by molar-refractivity contribution is 5.54. The first-order chi connectivity index (χ1) is 9.48. The van der Waals surface area contributed by atoms with Crippen LogP contribution in [-0.2, 0) is 6.54 Å². The lowest BCUT2D eigenvalue weighted by atomic mass is 10.1. The van der Waals surface area contributed by atoms with Crippen LogP contribution in [0.4, 0.5) is 0 Å². The van der Waals surface area contributed by atoms with Gasteiger partial charge in [-0.2, -0.15) is 0 Å². The predicted octanol–water partition coefficient (Wildman–Crippen LogP) is 3.63. The molecule has 1 N–H and O–H groups in total. The third-order valence-electron chi connectivity index (χ3n) is 2.76. The number of hydrogen-bond donors (Lipinski definition) is 1. The normalized spacial score (nSPS) is 11.6. The minimum Gasteiger partial charge on any atom is -0.494 e. The van der Waals surface area contributed by atoms with Crippen LogP contribution in [0, 0.1) is 0 Å². The number of aromatic nitrogens is 1. The first-order valence-corrected chi connectivity index (χ1v) is 6.90. The van der Waals surface area contributed by atoms with Gasteiger partial charge in [-0.3, -0.25) is 0 Å². The van der Waals surface area contributed by atoms with Gasteiger partial charge in [-0.15, -0.1) is 0 Å². The number of ether oxygens (including phenoxy) is 1. The molecule has 0 amide bonds. The van der Waals surface area contributed by atoms with E-state index < -0.39 is 0 Å². The molecule has 0 radical (unpaired) electrons. The van der Waals surface area contributed by atoms with E-state index in [1.165, 1.54) is 0 Å². The fraction of sp³-hybridized carbons (Fsp3) is 0.438. The third kappa shape index (κ3) is 4.10. The summed E-state index contributed by atoms with van der Waals surface area (Å²) in [5, 5.41) is 3.39. The smallest absolute Gasteiger partial charge is 0.226 e. The lowest BCUT2D eigenvalue weighted by Gasteiger charge is -2.19. The van der Waals surface area contributed by atoms with Crippen LogP contribution in [-0.4, -0.2) is 17.1 Å². The first kappa shape index (κ1) is 14.6. The van der Waals surface area contributed by atoms with Gasteiger partial charge in [-0.05, 0) is 52.0 Å². The number of nitrogens with zero attached hydrogens (tertiary/aromatic N) is 1. The van der Waals surface area contributed by atoms with Crippen LogP contribution in [0.25, 0.3) is 11.5 Å². The van der Waals surface area contributed by atoms with Crippen molar-refractivity contribution in [1.29, 1.82) is 0 Å². The molecule has 0 unspecified atom stereocenters. The number of rotatable bonds is 5. The van der Waals surface area contributed by atoms with Crippen molar-refractivity contribution < 1.29 is 9.15 Å². The minimum absolute atomic E-state index is 0.0677. The summed E-state index contributed by atoms with van der Waals surface area (Å²) >= 11 is 0. The van der Waals surface area contributed by atoms with Crippen LogP contribution in [0.5, 0.6) is 5.75 Å². The van der Waals surface area contributed by atoms with E-state index in [2.05, 4.69) is 31.1 Å². The predicted molar refractivity (Wildman–Crippen MR) is 79.7 cm³/mol. The fourth-order valence-corrected chi connectivity index (χ4v) is 1.74. The molecule has 1 aromatic heterocycles. The van der Waals surface area contributed by atoms with Crippen LogP contribution in [0.2, 0.25) is 0 Å². The summed E-state index contributed by atoms with van der Waals surface area (Å²) in [4.78, 5) is 4.49. The Labute approximate surface area is 120 Å². The maximum absolute atomic E-state index is 5.52. The Bertz CT molecular complexity index is 538. The van der Waals surface area contributed by atoms with Crippen molar-refractivity contribution in [2.75, 3.05) is 6.61 Å². The van der Waals surface area contributed by atoms with Gasteiger partial charge in [-0.25, -0.2) is 4.98 Å². The Hall–Kier alpha value is -1.81. The van der Waals surface area contributed by atoms with E-state index in [1.807, 2.05) is 31.2 Å². The van der Waals surface area contributed by atoms with Crippen molar-refractivity contribution in [3.05, 3.63) is 36.2 Å². The molecule has 1 aromatic carbocycles. The van der Waals surface area contributed by atoms with Crippen LogP contribution in [0.15, 0.2) is 34.9 Å². The topological polar surface area (TPSA) is 47.3 Å². The largest absolute Gasteiger partial charge is 0.494 e. The molecule has 0 saturated carbocycles. The van der Waals surface area contributed by atoms with Gasteiger partial charge in [0.15, 0.2) is 0 Å². The zero-order chi connectivity index (χ0) is 14.6. The van der Waals surface area contributed by atoms with Gasteiger partial charge in [0.05, 0.1) is 12.3 Å². The summed E-state index contributed by atoms with van der Waals surface area (Å²) in [6.45, 7) is 9.71. The summed E-state index contributed by atoms with van der Waals surface area (Å²) in [7, 11) is 0. The molecule has 0 fully saturated rings. The summed E-state index contributed by atoms with van der Waals surface area (Å²) in [6, 6.07) is 7.77. The first-order valence-electron chi connectivity index (χ1n) is 6.90. The molecule has 0 aliphatic rings. The molecule has 0 aliphatic heterocycles. The van der Waals surface area contributed by atoms with Gasteiger partial charge in [0.2, 0.25) is 5.89 Å². The Kier molecular flexibility index (Phi) is 4.45. The zero-order valence-electron chi connectivity index (χ0n) is 12.6. The van der Waals surface area contributed by atoms with Gasteiger partial charge in [0.25, 0.3) is 0 Å². The second-order valence-electron chi connectivity index (χ2n) is 5.70. The fourth-order valence-electron chi connectivity index (χ4n) is 1.74. The highest BCUT2D eigenvalue weighted by atomic mass is 16.5. The number of nitrogens with one attached hydrogen (secondary N) is 1. The molecule has 0 spiro atoms. The van der Waals surface area contributed by atoms with Crippen molar-refractivity contribution in [3.63, 3.8) is 0 Å². The standard InChI is InChI=1S/C16H22N2O2/c1-5-19-14-8-6-12(7-9-14)15-18-13(11-20-15)10-17-16(2,3)4/h6-9,11,17H,5,10H2,1-4H3. The van der Waals surface area contributed by atoms with E-state index >= 15 is 0 Å². The molecule has 1 heterocycles. The molecule has 4 heteroatoms. The van der Waals surface area contributed by atoms with Crippen molar-refractivity contribution in [2.45, 2.75) is 39.8 Å². The van der Waals surface area contributed by atoms with Crippen molar-refractivity contribution in [1.82, 2.24) is 10.3 Å². The molecule has 108 valence electrons. The highest BCUT2D eigenvalue weighted by Crippen LogP contribution is 2.22. The molecule has 0 atom stereocenters. The lowest BCUT2D eigenvalue weighted by Crippen LogP contribution is -2.35. The Balaban J connectivity index is 2.04. The summed E-state index contributed by atoms with van der Waals surface area (Å²) in [6.07, 6.45) is 1.70. The molecule has 2 aromatic rings. The molecular weight excluding hydrogens is 252 g/mol. The number of benzene rings is 1. The van der Waals surface area contributed by atoms with Gasteiger partial charge in [0, 0.05) is 17.6 Å². The van der Waals surface area contributed by atoms with E-state index in [0.717, 1.165) is 17.0 Å². The van der Waals surface area contributed by atoms with E-state index in [4.69, 9.17) is 9.15 Å². The molecule has 20 heavy (non-hydrogen) atoms. The van der Waals surface area contributed by atoms with Crippen molar-refractivity contribution in [3.8, 4) is 17.2 Å². The molecule has 2 rings (SSSR count). The molecule has 0 aliphatic carbocycles. The maximum atomic E-state index is 5.52. The molecule has 0 saturated heterocycles. The summed E-state index contributed by atoms with van der Waals surface area (Å²) in [5.41, 5.74) is 1.93. The SMILES string of the molecule is CCOc1ccc(-c2nc(CNC(C)(C)C)co2)cc1. The summed E-state index contributed by atoms with van der Waals surface area (Å²) in [5.74, 6) is 1.50.